The number of carbonyl (C=O) groups excluding carboxylic acids is 1. The predicted octanol–water partition coefficient (Wildman–Crippen LogP) is 5.17. The summed E-state index contributed by atoms with van der Waals surface area (Å²) in [6, 6.07) is 2.26. The fraction of sp³-hybridized carbons (Fsp3) is 0.414. The summed E-state index contributed by atoms with van der Waals surface area (Å²) in [6.07, 6.45) is 17.6. The van der Waals surface area contributed by atoms with Crippen LogP contribution < -0.4 is 5.73 Å². The van der Waals surface area contributed by atoms with Gasteiger partial charge in [-0.05, 0) is 61.6 Å². The van der Waals surface area contributed by atoms with Crippen molar-refractivity contribution in [3.05, 3.63) is 81.1 Å². The number of fused-ring (bicyclic) bond motifs is 3. The number of nitrogens with two attached hydrogens (primary N) is 1. The zero-order valence-corrected chi connectivity index (χ0v) is 21.0. The Labute approximate surface area is 211 Å². The first-order valence-corrected chi connectivity index (χ1v) is 13.1. The van der Waals surface area contributed by atoms with E-state index in [-0.39, 0.29) is 23.5 Å². The number of hydrogen-bond donors (Lipinski definition) is 2. The molecule has 6 heteroatoms. The van der Waals surface area contributed by atoms with Crippen LogP contribution in [-0.2, 0) is 30.5 Å². The zero-order chi connectivity index (χ0) is 24.3. The van der Waals surface area contributed by atoms with Crippen molar-refractivity contribution >= 4 is 29.2 Å². The van der Waals surface area contributed by atoms with E-state index < -0.39 is 5.54 Å². The number of aliphatic imine (C=N–C) groups is 1. The fourth-order valence-corrected chi connectivity index (χ4v) is 6.87. The van der Waals surface area contributed by atoms with Crippen LogP contribution in [-0.4, -0.2) is 27.0 Å². The first-order valence-electron chi connectivity index (χ1n) is 12.7. The maximum Gasteiger partial charge on any atom is 0.150 e. The van der Waals surface area contributed by atoms with Crippen LogP contribution >= 0.6 is 11.6 Å². The van der Waals surface area contributed by atoms with Gasteiger partial charge in [0.05, 0.1) is 22.0 Å². The molecule has 2 fully saturated rings. The van der Waals surface area contributed by atoms with Crippen molar-refractivity contribution < 1.29 is 4.79 Å². The van der Waals surface area contributed by atoms with Crippen LogP contribution in [0.1, 0.15) is 60.5 Å². The second kappa shape index (κ2) is 8.42. The summed E-state index contributed by atoms with van der Waals surface area (Å²) < 4.78 is 0. The highest BCUT2D eigenvalue weighted by atomic mass is 35.5. The maximum absolute atomic E-state index is 12.1. The molecule has 2 unspecified atom stereocenters. The van der Waals surface area contributed by atoms with Gasteiger partial charge in [-0.3, -0.25) is 14.8 Å². The lowest BCUT2D eigenvalue weighted by Crippen LogP contribution is -2.38. The third-order valence-corrected chi connectivity index (χ3v) is 8.88. The Morgan fingerprint density at radius 1 is 1.26 bits per heavy atom. The quantitative estimate of drug-likeness (QED) is 0.611. The van der Waals surface area contributed by atoms with E-state index in [0.717, 1.165) is 77.6 Å². The molecule has 0 spiro atoms. The van der Waals surface area contributed by atoms with Crippen molar-refractivity contribution in [1.29, 1.82) is 0 Å². The van der Waals surface area contributed by atoms with Crippen LogP contribution in [0, 0.1) is 17.8 Å². The smallest absolute Gasteiger partial charge is 0.150 e. The molecule has 2 saturated carbocycles. The van der Waals surface area contributed by atoms with Gasteiger partial charge >= 0.3 is 0 Å². The topological polar surface area (TPSA) is 84.1 Å². The van der Waals surface area contributed by atoms with Gasteiger partial charge in [0.2, 0.25) is 0 Å². The summed E-state index contributed by atoms with van der Waals surface area (Å²) in [6.45, 7) is 3.75. The second-order valence-electron chi connectivity index (χ2n) is 10.4. The Hall–Kier alpha value is -2.76. The van der Waals surface area contributed by atoms with E-state index in [2.05, 4.69) is 42.3 Å². The van der Waals surface area contributed by atoms with Crippen LogP contribution in [0.3, 0.4) is 0 Å². The molecule has 1 aliphatic heterocycles. The number of nitrogens with zero attached hydrogens (tertiary/aromatic N) is 2. The molecule has 2 atom stereocenters. The number of H-pyrrole nitrogens is 1. The maximum atomic E-state index is 12.1. The van der Waals surface area contributed by atoms with Crippen LogP contribution in [0.25, 0.3) is 6.08 Å². The summed E-state index contributed by atoms with van der Waals surface area (Å²) in [5.41, 5.74) is 14.7. The van der Waals surface area contributed by atoms with Crippen LogP contribution in [0.15, 0.2) is 47.3 Å². The van der Waals surface area contributed by atoms with E-state index in [0.29, 0.717) is 0 Å². The molecule has 0 saturated heterocycles. The van der Waals surface area contributed by atoms with Crippen molar-refractivity contribution in [3.63, 3.8) is 0 Å². The van der Waals surface area contributed by atoms with Crippen molar-refractivity contribution in [2.75, 3.05) is 0 Å². The number of ketones is 1. The summed E-state index contributed by atoms with van der Waals surface area (Å²) in [7, 11) is 0. The zero-order valence-electron chi connectivity index (χ0n) is 20.3. The highest BCUT2D eigenvalue weighted by Gasteiger charge is 2.69. The van der Waals surface area contributed by atoms with Gasteiger partial charge in [-0.2, -0.15) is 0 Å². The lowest BCUT2D eigenvalue weighted by molar-refractivity contribution is -0.120. The van der Waals surface area contributed by atoms with Crippen LogP contribution in [0.5, 0.6) is 0 Å². The van der Waals surface area contributed by atoms with Gasteiger partial charge < -0.3 is 10.7 Å². The molecule has 0 aromatic carbocycles. The third-order valence-electron chi connectivity index (χ3n) is 8.46. The van der Waals surface area contributed by atoms with Crippen LogP contribution in [0.4, 0.5) is 0 Å². The Balaban J connectivity index is 1.33. The summed E-state index contributed by atoms with van der Waals surface area (Å²) >= 11 is 6.91. The Bertz CT molecular complexity index is 1330. The largest absolute Gasteiger partial charge is 0.360 e. The molecule has 180 valence electrons. The standard InChI is InChI=1S/C29H31ClN4O/c1-3-23-27(30)26-25(34-23)10-9-20(12-17-11-18-7-5-4-6-8-24(18)32-15-17)33-28(26)19-13-21-22(14-19)29(21,31)16(2)35/h4-6,8-9,11,15,19,21-22,34H,3,7,10,12-14,31H2,1-2H3. The van der Waals surface area contributed by atoms with E-state index >= 15 is 0 Å². The van der Waals surface area contributed by atoms with E-state index in [1.165, 1.54) is 11.1 Å². The number of rotatable bonds is 5. The summed E-state index contributed by atoms with van der Waals surface area (Å²) in [5, 5.41) is 0.798. The number of pyridine rings is 1. The average molecular weight is 487 g/mol. The highest BCUT2D eigenvalue weighted by molar-refractivity contribution is 6.35. The minimum Gasteiger partial charge on any atom is -0.360 e. The van der Waals surface area contributed by atoms with Gasteiger partial charge in [-0.15, -0.1) is 0 Å². The van der Waals surface area contributed by atoms with Gasteiger partial charge in [0.1, 0.15) is 5.78 Å². The van der Waals surface area contributed by atoms with E-state index in [9.17, 15) is 4.79 Å². The van der Waals surface area contributed by atoms with E-state index in [4.69, 9.17) is 27.3 Å². The number of halogens is 1. The molecule has 6 rings (SSSR count). The van der Waals surface area contributed by atoms with Crippen molar-refractivity contribution in [2.45, 2.75) is 57.9 Å². The molecule has 3 heterocycles. The predicted molar refractivity (Wildman–Crippen MR) is 141 cm³/mol. The van der Waals surface area contributed by atoms with Crippen molar-refractivity contribution in [3.8, 4) is 0 Å². The Morgan fingerprint density at radius 3 is 2.80 bits per heavy atom. The highest BCUT2D eigenvalue weighted by Crippen LogP contribution is 2.62. The normalized spacial score (nSPS) is 28.4. The number of carbonyl (C=O) groups is 1. The van der Waals surface area contributed by atoms with E-state index in [1.54, 1.807) is 6.92 Å². The SMILES string of the molecule is CCc1[nH]c2c(c1Cl)C(C1CC3C(C1)C3(N)C(C)=O)=NC(Cc1cnc3c(c1)CC=CC=C3)=CC2. The van der Waals surface area contributed by atoms with Crippen molar-refractivity contribution in [2.24, 2.45) is 28.5 Å². The average Bonchev–Trinajstić information content (AvgIpc) is 3.14. The Kier molecular flexibility index (Phi) is 5.46. The van der Waals surface area contributed by atoms with Gasteiger partial charge in [-0.1, -0.05) is 48.9 Å². The van der Waals surface area contributed by atoms with Gasteiger partial charge in [0, 0.05) is 47.6 Å². The molecule has 0 radical (unpaired) electrons. The minimum absolute atomic E-state index is 0.114. The lowest BCUT2D eigenvalue weighted by Gasteiger charge is -2.21. The molecule has 2 aromatic heterocycles. The molecular weight excluding hydrogens is 456 g/mol. The number of Topliss-reactive ketones (excluding diaryl/α,β-unsaturated/α-hetero) is 1. The van der Waals surface area contributed by atoms with Gasteiger partial charge in [0.15, 0.2) is 0 Å². The molecule has 0 amide bonds. The minimum atomic E-state index is -0.629. The monoisotopic (exact) mass is 486 g/mol. The number of allylic oxidation sites excluding steroid dienone is 5. The fourth-order valence-electron chi connectivity index (χ4n) is 6.48. The number of hydrogen-bond acceptors (Lipinski definition) is 4. The van der Waals surface area contributed by atoms with Gasteiger partial charge in [0.25, 0.3) is 0 Å². The number of aromatic amines is 1. The molecule has 35 heavy (non-hydrogen) atoms. The molecule has 3 N–H and O–H groups in total. The lowest BCUT2D eigenvalue weighted by atomic mass is 9.87. The number of nitrogens with one attached hydrogen (secondary N) is 1. The third kappa shape index (κ3) is 3.68. The first kappa shape index (κ1) is 22.7. The molecule has 2 aromatic rings. The van der Waals surface area contributed by atoms with Crippen LogP contribution in [0.2, 0.25) is 5.02 Å². The molecule has 0 bridgehead atoms. The molecule has 3 aliphatic carbocycles. The summed E-state index contributed by atoms with van der Waals surface area (Å²) in [5.74, 6) is 0.887. The van der Waals surface area contributed by atoms with Crippen molar-refractivity contribution in [1.82, 2.24) is 9.97 Å². The molecule has 5 nitrogen and oxygen atoms in total. The molecular formula is C29H31ClN4O. The first-order chi connectivity index (χ1) is 16.9. The second-order valence-corrected chi connectivity index (χ2v) is 10.8. The van der Waals surface area contributed by atoms with Gasteiger partial charge in [-0.25, -0.2) is 0 Å². The number of aromatic nitrogens is 2. The summed E-state index contributed by atoms with van der Waals surface area (Å²) in [4.78, 5) is 25.7. The number of aryl methyl sites for hydroxylation is 1. The van der Waals surface area contributed by atoms with E-state index in [1.807, 2.05) is 12.3 Å². The molecule has 4 aliphatic rings. The Morgan fingerprint density at radius 2 is 2.06 bits per heavy atom.